The van der Waals surface area contributed by atoms with Crippen molar-refractivity contribution in [3.8, 4) is 22.2 Å². The molecule has 0 fully saturated rings. The second-order valence-corrected chi connectivity index (χ2v) is 11.4. The molecule has 13 heteroatoms. The molecule has 2 heterocycles. The van der Waals surface area contributed by atoms with E-state index >= 15 is 0 Å². The molecule has 4 rings (SSSR count). The number of benzene rings is 1. The van der Waals surface area contributed by atoms with Crippen LogP contribution in [0.2, 0.25) is 0 Å². The Balaban J connectivity index is 1.38. The lowest BCUT2D eigenvalue weighted by molar-refractivity contribution is -0.0931. The quantitative estimate of drug-likeness (QED) is 0.169. The summed E-state index contributed by atoms with van der Waals surface area (Å²) in [5.41, 5.74) is 1.48. The minimum Gasteiger partial charge on any atom is -0.424 e. The molecule has 2 aromatic heterocycles. The molecule has 39 heavy (non-hydrogen) atoms. The van der Waals surface area contributed by atoms with Crippen molar-refractivity contribution in [2.45, 2.75) is 37.3 Å². The van der Waals surface area contributed by atoms with E-state index < -0.39 is 21.7 Å². The molecule has 206 valence electrons. The number of hydrogen-bond donors (Lipinski definition) is 3. The van der Waals surface area contributed by atoms with Crippen molar-refractivity contribution in [1.29, 1.82) is 0 Å². The Labute approximate surface area is 241 Å². The summed E-state index contributed by atoms with van der Waals surface area (Å²) in [7, 11) is 0. The molecule has 0 saturated heterocycles. The third-order valence-corrected chi connectivity index (χ3v) is 7.84. The first-order valence-corrected chi connectivity index (χ1v) is 14.1. The molecule has 3 N–H and O–H groups in total. The SMILES string of the molecule is CCNc1ncc(-c2ccc(Oc3ncc(NC(=O)NC4=C(C(C)C)C[C@@H](I)C(C(F)(F)F)=C4)cn3)cc2)s1. The molecule has 1 atom stereocenters. The minimum absolute atomic E-state index is 0.0325. The zero-order chi connectivity index (χ0) is 28.2. The van der Waals surface area contributed by atoms with Gasteiger partial charge in [-0.15, -0.1) is 0 Å². The van der Waals surface area contributed by atoms with Gasteiger partial charge in [0.15, 0.2) is 5.13 Å². The van der Waals surface area contributed by atoms with Gasteiger partial charge in [-0.1, -0.05) is 47.8 Å². The smallest absolute Gasteiger partial charge is 0.413 e. The van der Waals surface area contributed by atoms with Crippen molar-refractivity contribution in [2.75, 3.05) is 17.2 Å². The number of rotatable bonds is 8. The fourth-order valence-corrected chi connectivity index (χ4v) is 5.72. The molecule has 0 saturated carbocycles. The summed E-state index contributed by atoms with van der Waals surface area (Å²) in [5, 5.41) is 9.15. The number of amides is 2. The van der Waals surface area contributed by atoms with Crippen molar-refractivity contribution in [3.05, 3.63) is 65.8 Å². The molecule has 1 aliphatic rings. The number of halogens is 4. The number of nitrogens with one attached hydrogen (secondary N) is 3. The summed E-state index contributed by atoms with van der Waals surface area (Å²) in [4.78, 5) is 26.2. The molecule has 0 spiro atoms. The van der Waals surface area contributed by atoms with E-state index in [1.807, 2.05) is 39.1 Å². The Morgan fingerprint density at radius 3 is 2.44 bits per heavy atom. The molecular weight excluding hydrogens is 644 g/mol. The zero-order valence-corrected chi connectivity index (χ0v) is 24.2. The van der Waals surface area contributed by atoms with Crippen molar-refractivity contribution in [1.82, 2.24) is 20.3 Å². The van der Waals surface area contributed by atoms with Crippen LogP contribution in [-0.2, 0) is 0 Å². The fraction of sp³-hybridized carbons (Fsp3) is 0.308. The first kappa shape index (κ1) is 28.8. The van der Waals surface area contributed by atoms with Crippen LogP contribution >= 0.6 is 33.9 Å². The largest absolute Gasteiger partial charge is 0.424 e. The predicted molar refractivity (Wildman–Crippen MR) is 154 cm³/mol. The van der Waals surface area contributed by atoms with E-state index in [4.69, 9.17) is 4.74 Å². The van der Waals surface area contributed by atoms with E-state index in [2.05, 4.69) is 30.9 Å². The van der Waals surface area contributed by atoms with Crippen LogP contribution in [0, 0.1) is 5.92 Å². The van der Waals surface area contributed by atoms with Crippen LogP contribution in [0.1, 0.15) is 27.2 Å². The van der Waals surface area contributed by atoms with Gasteiger partial charge in [-0.2, -0.15) is 13.2 Å². The number of urea groups is 1. The van der Waals surface area contributed by atoms with Gasteiger partial charge in [0, 0.05) is 27.9 Å². The van der Waals surface area contributed by atoms with Gasteiger partial charge in [-0.05, 0) is 60.7 Å². The van der Waals surface area contributed by atoms with Crippen molar-refractivity contribution in [2.24, 2.45) is 5.92 Å². The number of nitrogens with zero attached hydrogens (tertiary/aromatic N) is 3. The van der Waals surface area contributed by atoms with Gasteiger partial charge in [0.1, 0.15) is 5.75 Å². The summed E-state index contributed by atoms with van der Waals surface area (Å²) in [5.74, 6) is 0.495. The van der Waals surface area contributed by atoms with E-state index in [1.54, 1.807) is 46.1 Å². The number of carbonyl (C=O) groups excluding carboxylic acids is 1. The summed E-state index contributed by atoms with van der Waals surface area (Å²) in [6.45, 7) is 6.57. The van der Waals surface area contributed by atoms with Crippen LogP contribution in [-0.4, -0.2) is 37.6 Å². The van der Waals surface area contributed by atoms with Crippen molar-refractivity contribution in [3.63, 3.8) is 0 Å². The standard InChI is InChI=1S/C26H26F3IN6O2S/c1-4-31-25-34-13-22(39-25)15-5-7-17(8-6-15)38-24-32-11-16(12-33-24)35-23(37)36-21-10-19(26(27,28)29)20(30)9-18(21)14(2)3/h5-8,10-14,20H,4,9H2,1-3H3,(H,31,34)(H2,35,36,37)/t20-/m1/s1. The number of carbonyl (C=O) groups is 1. The number of aromatic nitrogens is 3. The molecule has 8 nitrogen and oxygen atoms in total. The molecular formula is C26H26F3IN6O2S. The topological polar surface area (TPSA) is 101 Å². The molecule has 0 aliphatic heterocycles. The monoisotopic (exact) mass is 670 g/mol. The van der Waals surface area contributed by atoms with Gasteiger partial charge in [0.2, 0.25) is 0 Å². The maximum atomic E-state index is 13.4. The van der Waals surface area contributed by atoms with E-state index in [9.17, 15) is 18.0 Å². The predicted octanol–water partition coefficient (Wildman–Crippen LogP) is 7.55. The summed E-state index contributed by atoms with van der Waals surface area (Å²) < 4.78 is 45.3. The molecule has 0 unspecified atom stereocenters. The summed E-state index contributed by atoms with van der Waals surface area (Å²) in [6, 6.07) is 6.77. The molecule has 0 bridgehead atoms. The number of alkyl halides is 4. The lowest BCUT2D eigenvalue weighted by Crippen LogP contribution is -2.33. The second kappa shape index (κ2) is 12.3. The van der Waals surface area contributed by atoms with E-state index in [1.165, 1.54) is 12.4 Å². The summed E-state index contributed by atoms with van der Waals surface area (Å²) >= 11 is 3.35. The van der Waals surface area contributed by atoms with Crippen LogP contribution in [0.5, 0.6) is 11.8 Å². The first-order valence-electron chi connectivity index (χ1n) is 12.1. The Hall–Kier alpha value is -3.20. The highest BCUT2D eigenvalue weighted by molar-refractivity contribution is 14.1. The van der Waals surface area contributed by atoms with Crippen molar-refractivity contribution < 1.29 is 22.7 Å². The highest BCUT2D eigenvalue weighted by atomic mass is 127. The van der Waals surface area contributed by atoms with Crippen LogP contribution < -0.4 is 20.7 Å². The van der Waals surface area contributed by atoms with Crippen LogP contribution in [0.25, 0.3) is 10.4 Å². The van der Waals surface area contributed by atoms with Crippen LogP contribution in [0.3, 0.4) is 0 Å². The molecule has 2 amide bonds. The first-order chi connectivity index (χ1) is 18.5. The molecule has 3 aromatic rings. The maximum absolute atomic E-state index is 13.4. The van der Waals surface area contributed by atoms with E-state index in [0.717, 1.165) is 33.8 Å². The number of allylic oxidation sites excluding steroid dienone is 3. The molecule has 1 aromatic carbocycles. The third kappa shape index (κ3) is 7.47. The van der Waals surface area contributed by atoms with Gasteiger partial charge in [0.25, 0.3) is 0 Å². The molecule has 0 radical (unpaired) electrons. The van der Waals surface area contributed by atoms with Gasteiger partial charge in [-0.25, -0.2) is 19.7 Å². The highest BCUT2D eigenvalue weighted by Gasteiger charge is 2.40. The average Bonchev–Trinajstić information content (AvgIpc) is 3.34. The number of ether oxygens (including phenoxy) is 1. The Morgan fingerprint density at radius 1 is 1.13 bits per heavy atom. The van der Waals surface area contributed by atoms with E-state index in [0.29, 0.717) is 5.75 Å². The number of anilines is 2. The highest BCUT2D eigenvalue weighted by Crippen LogP contribution is 2.40. The second-order valence-electron chi connectivity index (χ2n) is 8.88. The number of hydrogen-bond acceptors (Lipinski definition) is 7. The van der Waals surface area contributed by atoms with Crippen LogP contribution in [0.15, 0.2) is 65.8 Å². The Bertz CT molecular complexity index is 1370. The van der Waals surface area contributed by atoms with E-state index in [-0.39, 0.29) is 29.7 Å². The van der Waals surface area contributed by atoms with Gasteiger partial charge in [0.05, 0.1) is 23.0 Å². The Kier molecular flexibility index (Phi) is 9.10. The lowest BCUT2D eigenvalue weighted by Gasteiger charge is -2.28. The summed E-state index contributed by atoms with van der Waals surface area (Å²) in [6.07, 6.45) is 1.27. The Morgan fingerprint density at radius 2 is 1.82 bits per heavy atom. The minimum atomic E-state index is -4.47. The van der Waals surface area contributed by atoms with Gasteiger partial charge >= 0.3 is 18.2 Å². The van der Waals surface area contributed by atoms with Gasteiger partial charge in [-0.3, -0.25) is 0 Å². The average molecular weight is 670 g/mol. The number of thiazole rings is 1. The van der Waals surface area contributed by atoms with Crippen molar-refractivity contribution >= 4 is 50.8 Å². The lowest BCUT2D eigenvalue weighted by atomic mass is 9.88. The van der Waals surface area contributed by atoms with Gasteiger partial charge < -0.3 is 20.7 Å². The third-order valence-electron chi connectivity index (χ3n) is 5.72. The normalized spacial score (nSPS) is 15.7. The zero-order valence-electron chi connectivity index (χ0n) is 21.3. The molecule has 1 aliphatic carbocycles. The van der Waals surface area contributed by atoms with Crippen LogP contribution in [0.4, 0.5) is 28.8 Å². The maximum Gasteiger partial charge on any atom is 0.413 e. The fourth-order valence-electron chi connectivity index (χ4n) is 3.83.